The maximum atomic E-state index is 13.3. The molecule has 2 aliphatic rings. The average Bonchev–Trinajstić information content (AvgIpc) is 2.78. The molecule has 2 heterocycles. The number of piperidine rings is 1. The molecule has 0 radical (unpaired) electrons. The molecule has 0 aromatic heterocycles. The van der Waals surface area contributed by atoms with E-state index in [0.29, 0.717) is 18.9 Å². The van der Waals surface area contributed by atoms with E-state index in [1.54, 1.807) is 0 Å². The van der Waals surface area contributed by atoms with Gasteiger partial charge in [0.05, 0.1) is 10.5 Å². The summed E-state index contributed by atoms with van der Waals surface area (Å²) in [7, 11) is -4.07. The molecule has 0 saturated carbocycles. The minimum Gasteiger partial charge on any atom is -0.309 e. The molecular formula is C23H25F3N2O3S. The summed E-state index contributed by atoms with van der Waals surface area (Å²) in [5.41, 5.74) is 1.04. The molecule has 9 heteroatoms. The number of carbonyl (C=O) groups excluding carboxylic acids is 1. The van der Waals surface area contributed by atoms with Crippen molar-refractivity contribution in [3.8, 4) is 0 Å². The van der Waals surface area contributed by atoms with Gasteiger partial charge in [0.1, 0.15) is 0 Å². The highest BCUT2D eigenvalue weighted by Crippen LogP contribution is 2.35. The predicted octanol–water partition coefficient (Wildman–Crippen LogP) is 4.47. The van der Waals surface area contributed by atoms with E-state index < -0.39 is 21.8 Å². The van der Waals surface area contributed by atoms with Gasteiger partial charge in [-0.15, -0.1) is 0 Å². The number of hydrogen-bond acceptors (Lipinski definition) is 3. The molecule has 1 atom stereocenters. The van der Waals surface area contributed by atoms with Crippen LogP contribution in [0.5, 0.6) is 0 Å². The minimum atomic E-state index is -4.62. The van der Waals surface area contributed by atoms with Crippen LogP contribution < -0.4 is 4.90 Å². The van der Waals surface area contributed by atoms with Gasteiger partial charge in [-0.2, -0.15) is 17.5 Å². The van der Waals surface area contributed by atoms with Gasteiger partial charge in [-0.05, 0) is 62.4 Å². The van der Waals surface area contributed by atoms with Crippen molar-refractivity contribution in [3.63, 3.8) is 0 Å². The summed E-state index contributed by atoms with van der Waals surface area (Å²) in [5.74, 6) is -0.336. The van der Waals surface area contributed by atoms with Crippen LogP contribution in [0.15, 0.2) is 53.4 Å². The fourth-order valence-electron chi connectivity index (χ4n) is 4.55. The van der Waals surface area contributed by atoms with E-state index in [1.807, 2.05) is 36.1 Å². The molecule has 1 amide bonds. The fourth-order valence-corrected chi connectivity index (χ4v) is 6.06. The molecule has 0 bridgehead atoms. The van der Waals surface area contributed by atoms with Gasteiger partial charge < -0.3 is 4.90 Å². The summed E-state index contributed by atoms with van der Waals surface area (Å²) in [6, 6.07) is 11.7. The van der Waals surface area contributed by atoms with E-state index in [9.17, 15) is 26.4 Å². The first-order chi connectivity index (χ1) is 15.1. The van der Waals surface area contributed by atoms with Crippen LogP contribution in [0.2, 0.25) is 0 Å². The van der Waals surface area contributed by atoms with Crippen molar-refractivity contribution in [2.75, 3.05) is 18.0 Å². The van der Waals surface area contributed by atoms with Gasteiger partial charge in [-0.25, -0.2) is 8.42 Å². The third kappa shape index (κ3) is 4.28. The molecule has 2 aromatic carbocycles. The third-order valence-corrected chi connectivity index (χ3v) is 8.26. The minimum absolute atomic E-state index is 0.0132. The van der Waals surface area contributed by atoms with Crippen molar-refractivity contribution in [2.45, 2.75) is 49.7 Å². The normalized spacial score (nSPS) is 20.8. The molecule has 2 aliphatic heterocycles. The molecular weight excluding hydrogens is 441 g/mol. The topological polar surface area (TPSA) is 57.7 Å². The van der Waals surface area contributed by atoms with E-state index >= 15 is 0 Å². The molecule has 1 saturated heterocycles. The van der Waals surface area contributed by atoms with Gasteiger partial charge >= 0.3 is 6.18 Å². The molecule has 0 N–H and O–H groups in total. The number of anilines is 1. The molecule has 0 aliphatic carbocycles. The van der Waals surface area contributed by atoms with Crippen molar-refractivity contribution in [1.82, 2.24) is 4.31 Å². The first kappa shape index (κ1) is 22.8. The Morgan fingerprint density at radius 3 is 2.38 bits per heavy atom. The van der Waals surface area contributed by atoms with Gasteiger partial charge in [0.15, 0.2) is 0 Å². The van der Waals surface area contributed by atoms with Gasteiger partial charge in [-0.1, -0.05) is 24.3 Å². The number of benzene rings is 2. The second-order valence-corrected chi connectivity index (χ2v) is 10.4. The SMILES string of the molecule is CC1CCc2ccccc2N1C(=O)C1CCN(S(=O)(=O)c2cccc(C(F)(F)F)c2)CC1. The molecule has 1 fully saturated rings. The molecule has 1 unspecified atom stereocenters. The summed E-state index contributed by atoms with van der Waals surface area (Å²) in [6.45, 7) is 2.21. The number of para-hydroxylation sites is 1. The molecule has 4 rings (SSSR count). The number of halogens is 3. The summed E-state index contributed by atoms with van der Waals surface area (Å²) < 4.78 is 66.0. The zero-order valence-corrected chi connectivity index (χ0v) is 18.5. The third-order valence-electron chi connectivity index (χ3n) is 6.36. The number of carbonyl (C=O) groups is 1. The highest BCUT2D eigenvalue weighted by atomic mass is 32.2. The average molecular weight is 467 g/mol. The summed E-state index contributed by atoms with van der Waals surface area (Å²) in [6.07, 6.45) is -2.17. The number of fused-ring (bicyclic) bond motifs is 1. The van der Waals surface area contributed by atoms with Crippen molar-refractivity contribution >= 4 is 21.6 Å². The predicted molar refractivity (Wildman–Crippen MR) is 115 cm³/mol. The first-order valence-electron chi connectivity index (χ1n) is 10.7. The Hall–Kier alpha value is -2.39. The van der Waals surface area contributed by atoms with E-state index in [-0.39, 0.29) is 35.9 Å². The number of amides is 1. The summed E-state index contributed by atoms with van der Waals surface area (Å²) >= 11 is 0. The Morgan fingerprint density at radius 1 is 1.00 bits per heavy atom. The molecule has 172 valence electrons. The van der Waals surface area contributed by atoms with Crippen LogP contribution in [-0.2, 0) is 27.4 Å². The lowest BCUT2D eigenvalue weighted by Crippen LogP contribution is -2.48. The smallest absolute Gasteiger partial charge is 0.309 e. The zero-order valence-electron chi connectivity index (χ0n) is 17.7. The van der Waals surface area contributed by atoms with E-state index in [1.165, 1.54) is 10.4 Å². The fraction of sp³-hybridized carbons (Fsp3) is 0.435. The standard InChI is InChI=1S/C23H25F3N2O3S/c1-16-9-10-17-5-2-3-8-21(17)28(16)22(29)18-11-13-27(14-12-18)32(30,31)20-7-4-6-19(15-20)23(24,25)26/h2-8,15-16,18H,9-14H2,1H3. The van der Waals surface area contributed by atoms with Crippen LogP contribution in [-0.4, -0.2) is 37.8 Å². The lowest BCUT2D eigenvalue weighted by molar-refractivity contribution is -0.137. The molecule has 2 aromatic rings. The monoisotopic (exact) mass is 466 g/mol. The Kier molecular flexibility index (Phi) is 6.06. The molecule has 0 spiro atoms. The number of nitrogens with zero attached hydrogens (tertiary/aromatic N) is 2. The number of alkyl halides is 3. The summed E-state index contributed by atoms with van der Waals surface area (Å²) in [5, 5.41) is 0. The van der Waals surface area contributed by atoms with Gasteiger partial charge in [0, 0.05) is 30.7 Å². The lowest BCUT2D eigenvalue weighted by atomic mass is 9.91. The van der Waals surface area contributed by atoms with Crippen molar-refractivity contribution in [1.29, 1.82) is 0 Å². The number of aryl methyl sites for hydroxylation is 1. The van der Waals surface area contributed by atoms with Crippen LogP contribution in [0.4, 0.5) is 18.9 Å². The van der Waals surface area contributed by atoms with Crippen LogP contribution in [0.1, 0.15) is 37.3 Å². The Morgan fingerprint density at radius 2 is 1.69 bits per heavy atom. The number of rotatable bonds is 3. The van der Waals surface area contributed by atoms with Crippen LogP contribution >= 0.6 is 0 Å². The van der Waals surface area contributed by atoms with E-state index in [0.717, 1.165) is 36.2 Å². The number of sulfonamides is 1. The Balaban J connectivity index is 1.48. The van der Waals surface area contributed by atoms with Crippen LogP contribution in [0.25, 0.3) is 0 Å². The van der Waals surface area contributed by atoms with Gasteiger partial charge in [-0.3, -0.25) is 4.79 Å². The van der Waals surface area contributed by atoms with Crippen molar-refractivity contribution < 1.29 is 26.4 Å². The Labute approximate surface area is 185 Å². The highest BCUT2D eigenvalue weighted by molar-refractivity contribution is 7.89. The van der Waals surface area contributed by atoms with E-state index in [2.05, 4.69) is 0 Å². The Bertz CT molecular complexity index is 1110. The quantitative estimate of drug-likeness (QED) is 0.671. The van der Waals surface area contributed by atoms with Crippen LogP contribution in [0.3, 0.4) is 0 Å². The molecule has 32 heavy (non-hydrogen) atoms. The largest absolute Gasteiger partial charge is 0.416 e. The maximum absolute atomic E-state index is 13.3. The van der Waals surface area contributed by atoms with Crippen molar-refractivity contribution in [2.24, 2.45) is 5.92 Å². The van der Waals surface area contributed by atoms with Crippen molar-refractivity contribution in [3.05, 3.63) is 59.7 Å². The second-order valence-electron chi connectivity index (χ2n) is 8.43. The zero-order chi connectivity index (χ0) is 23.1. The summed E-state index contributed by atoms with van der Waals surface area (Å²) in [4.78, 5) is 14.8. The number of hydrogen-bond donors (Lipinski definition) is 0. The second kappa shape index (κ2) is 8.51. The van der Waals surface area contributed by atoms with Crippen LogP contribution in [0, 0.1) is 5.92 Å². The maximum Gasteiger partial charge on any atom is 0.416 e. The van der Waals surface area contributed by atoms with Gasteiger partial charge in [0.2, 0.25) is 15.9 Å². The van der Waals surface area contributed by atoms with E-state index in [4.69, 9.17) is 0 Å². The lowest BCUT2D eigenvalue weighted by Gasteiger charge is -2.39. The highest BCUT2D eigenvalue weighted by Gasteiger charge is 2.38. The van der Waals surface area contributed by atoms with Gasteiger partial charge in [0.25, 0.3) is 0 Å². The molecule has 5 nitrogen and oxygen atoms in total. The first-order valence-corrected chi connectivity index (χ1v) is 12.1.